The van der Waals surface area contributed by atoms with Gasteiger partial charge in [-0.25, -0.2) is 0 Å². The van der Waals surface area contributed by atoms with Gasteiger partial charge in [0.25, 0.3) is 0 Å². The molecule has 2 aliphatic heterocycles. The molecule has 1 aromatic rings. The number of thioether (sulfide) groups is 1. The molecule has 0 bridgehead atoms. The van der Waals surface area contributed by atoms with Gasteiger partial charge < -0.3 is 15.0 Å². The maximum absolute atomic E-state index is 12.7. The van der Waals surface area contributed by atoms with Crippen molar-refractivity contribution in [3.8, 4) is 5.75 Å². The highest BCUT2D eigenvalue weighted by atomic mass is 32.2. The van der Waals surface area contributed by atoms with Crippen LogP contribution in [0.15, 0.2) is 36.5 Å². The van der Waals surface area contributed by atoms with E-state index in [0.717, 1.165) is 37.2 Å². The van der Waals surface area contributed by atoms with E-state index in [4.69, 9.17) is 10.1 Å². The quantitative estimate of drug-likeness (QED) is 0.451. The van der Waals surface area contributed by atoms with Gasteiger partial charge in [0.05, 0.1) is 11.7 Å². The van der Waals surface area contributed by atoms with E-state index in [1.807, 2.05) is 24.3 Å². The van der Waals surface area contributed by atoms with Crippen molar-refractivity contribution >= 4 is 22.7 Å². The van der Waals surface area contributed by atoms with E-state index < -0.39 is 4.87 Å². The average Bonchev–Trinajstić information content (AvgIpc) is 3.00. The van der Waals surface area contributed by atoms with Crippen molar-refractivity contribution in [2.24, 2.45) is 0 Å². The lowest BCUT2D eigenvalue weighted by atomic mass is 9.99. The lowest BCUT2D eigenvalue weighted by Crippen LogP contribution is -2.47. The predicted molar refractivity (Wildman–Crippen MR) is 107 cm³/mol. The Hall–Kier alpha value is -1.95. The van der Waals surface area contributed by atoms with Gasteiger partial charge in [0.15, 0.2) is 0 Å². The van der Waals surface area contributed by atoms with Crippen molar-refractivity contribution in [1.82, 2.24) is 10.2 Å². The van der Waals surface area contributed by atoms with Crippen LogP contribution in [-0.4, -0.2) is 35.5 Å². The number of hydrogen-bond acceptors (Lipinski definition) is 5. The normalized spacial score (nSPS) is 21.9. The first-order valence-corrected chi connectivity index (χ1v) is 10.0. The van der Waals surface area contributed by atoms with Crippen LogP contribution in [0.5, 0.6) is 5.75 Å². The number of nitrogens with one attached hydrogen (secondary N) is 2. The largest absolute Gasteiger partial charge is 0.493 e. The van der Waals surface area contributed by atoms with Gasteiger partial charge in [-0.05, 0) is 32.3 Å². The number of hydrogen-bond donors (Lipinski definition) is 2. The molecule has 6 heteroatoms. The second-order valence-electron chi connectivity index (χ2n) is 6.89. The van der Waals surface area contributed by atoms with Crippen LogP contribution in [0.1, 0.15) is 44.6 Å². The third kappa shape index (κ3) is 4.23. The van der Waals surface area contributed by atoms with Crippen molar-refractivity contribution < 1.29 is 9.53 Å². The summed E-state index contributed by atoms with van der Waals surface area (Å²) in [5.41, 5.74) is 2.14. The summed E-state index contributed by atoms with van der Waals surface area (Å²) in [6.45, 7) is 8.31. The zero-order valence-corrected chi connectivity index (χ0v) is 16.2. The lowest BCUT2D eigenvalue weighted by molar-refractivity contribution is -0.122. The van der Waals surface area contributed by atoms with E-state index in [2.05, 4.69) is 16.8 Å². The molecule has 1 unspecified atom stereocenters. The number of benzene rings is 1. The number of likely N-dealkylation sites (tertiary alicyclic amines) is 1. The first-order chi connectivity index (χ1) is 12.5. The van der Waals surface area contributed by atoms with Crippen LogP contribution in [0.25, 0.3) is 0 Å². The Balaban J connectivity index is 1.66. The molecule has 1 amide bonds. The first-order valence-electron chi connectivity index (χ1n) is 9.20. The number of carbonyl (C=O) groups is 1. The topological polar surface area (TPSA) is 65.4 Å². The standard InChI is InChI=1S/C20H27N3O2S/c1-15-7-5-12-23(15)13-6-10-19(24)22-20(26-16(2)21)11-14-25-18-9-4-3-8-17(18)20/h3-4,8-9,21H,1,5-7,10-14H2,2H3,(H,22,24). The Morgan fingerprint density at radius 1 is 1.46 bits per heavy atom. The molecule has 5 nitrogen and oxygen atoms in total. The number of para-hydroxylation sites is 1. The van der Waals surface area contributed by atoms with Gasteiger partial charge in [-0.1, -0.05) is 36.5 Å². The summed E-state index contributed by atoms with van der Waals surface area (Å²) in [5.74, 6) is 0.821. The Bertz CT molecular complexity index is 706. The number of allylic oxidation sites excluding steroid dienone is 1. The molecule has 3 rings (SSSR count). The molecule has 1 saturated heterocycles. The number of fused-ring (bicyclic) bond motifs is 1. The van der Waals surface area contributed by atoms with E-state index in [9.17, 15) is 4.79 Å². The molecule has 0 radical (unpaired) electrons. The van der Waals surface area contributed by atoms with E-state index >= 15 is 0 Å². The molecule has 1 fully saturated rings. The second kappa shape index (κ2) is 8.16. The summed E-state index contributed by atoms with van der Waals surface area (Å²) >= 11 is 1.40. The summed E-state index contributed by atoms with van der Waals surface area (Å²) in [6, 6.07) is 7.79. The number of nitrogens with zero attached hydrogens (tertiary/aromatic N) is 1. The molecule has 140 valence electrons. The highest BCUT2D eigenvalue weighted by Gasteiger charge is 2.40. The van der Waals surface area contributed by atoms with Gasteiger partial charge >= 0.3 is 0 Å². The molecular formula is C20H27N3O2S. The van der Waals surface area contributed by atoms with Crippen molar-refractivity contribution in [1.29, 1.82) is 5.41 Å². The minimum absolute atomic E-state index is 0.0280. The summed E-state index contributed by atoms with van der Waals surface area (Å²) in [5, 5.41) is 11.7. The van der Waals surface area contributed by atoms with Crippen LogP contribution < -0.4 is 10.1 Å². The monoisotopic (exact) mass is 373 g/mol. The number of rotatable bonds is 6. The summed E-state index contributed by atoms with van der Waals surface area (Å²) in [4.78, 5) is 14.4. The van der Waals surface area contributed by atoms with Crippen LogP contribution >= 0.6 is 11.8 Å². The molecule has 0 saturated carbocycles. The summed E-state index contributed by atoms with van der Waals surface area (Å²) in [6.07, 6.45) is 4.18. The zero-order valence-electron chi connectivity index (χ0n) is 15.3. The Kier molecular flexibility index (Phi) is 5.91. The SMILES string of the molecule is C=C1CCCN1CCCC(=O)NC1(SC(C)=N)CCOc2ccccc21. The third-order valence-electron chi connectivity index (χ3n) is 4.87. The van der Waals surface area contributed by atoms with Crippen molar-refractivity contribution in [2.75, 3.05) is 19.7 Å². The Morgan fingerprint density at radius 2 is 2.27 bits per heavy atom. The first kappa shape index (κ1) is 18.8. The molecule has 26 heavy (non-hydrogen) atoms. The number of carbonyl (C=O) groups excluding carboxylic acids is 1. The van der Waals surface area contributed by atoms with Gasteiger partial charge in [-0.2, -0.15) is 0 Å². The minimum atomic E-state index is -0.616. The van der Waals surface area contributed by atoms with Gasteiger partial charge in [0.1, 0.15) is 10.6 Å². The maximum atomic E-state index is 12.7. The number of amides is 1. The van der Waals surface area contributed by atoms with Crippen LogP contribution in [-0.2, 0) is 9.67 Å². The molecule has 1 aromatic carbocycles. The van der Waals surface area contributed by atoms with Crippen molar-refractivity contribution in [3.63, 3.8) is 0 Å². The zero-order chi connectivity index (χ0) is 18.6. The van der Waals surface area contributed by atoms with Gasteiger partial charge in [-0.3, -0.25) is 10.2 Å². The van der Waals surface area contributed by atoms with Crippen LogP contribution in [0.4, 0.5) is 0 Å². The predicted octanol–water partition coefficient (Wildman–Crippen LogP) is 3.86. The molecule has 2 N–H and O–H groups in total. The maximum Gasteiger partial charge on any atom is 0.221 e. The van der Waals surface area contributed by atoms with E-state index in [1.54, 1.807) is 6.92 Å². The van der Waals surface area contributed by atoms with Crippen LogP contribution in [0.2, 0.25) is 0 Å². The fourth-order valence-electron chi connectivity index (χ4n) is 3.67. The smallest absolute Gasteiger partial charge is 0.221 e. The summed E-state index contributed by atoms with van der Waals surface area (Å²) < 4.78 is 5.75. The molecule has 0 spiro atoms. The second-order valence-corrected chi connectivity index (χ2v) is 8.40. The van der Waals surface area contributed by atoms with Gasteiger partial charge in [0, 0.05) is 37.2 Å². The average molecular weight is 374 g/mol. The van der Waals surface area contributed by atoms with E-state index in [1.165, 1.54) is 23.9 Å². The summed E-state index contributed by atoms with van der Waals surface area (Å²) in [7, 11) is 0. The van der Waals surface area contributed by atoms with Crippen LogP contribution in [0.3, 0.4) is 0 Å². The fraction of sp³-hybridized carbons (Fsp3) is 0.500. The van der Waals surface area contributed by atoms with Crippen molar-refractivity contribution in [3.05, 3.63) is 42.1 Å². The lowest BCUT2D eigenvalue weighted by Gasteiger charge is -2.38. The molecule has 1 atom stereocenters. The van der Waals surface area contributed by atoms with Crippen molar-refractivity contribution in [2.45, 2.75) is 43.9 Å². The molecule has 2 heterocycles. The van der Waals surface area contributed by atoms with Crippen LogP contribution in [0, 0.1) is 5.41 Å². The fourth-order valence-corrected chi connectivity index (χ4v) is 4.82. The molecule has 2 aliphatic rings. The van der Waals surface area contributed by atoms with Gasteiger partial charge in [-0.15, -0.1) is 0 Å². The minimum Gasteiger partial charge on any atom is -0.493 e. The molecular weight excluding hydrogens is 346 g/mol. The van der Waals surface area contributed by atoms with E-state index in [0.29, 0.717) is 24.5 Å². The highest BCUT2D eigenvalue weighted by Crippen LogP contribution is 2.45. The van der Waals surface area contributed by atoms with E-state index in [-0.39, 0.29) is 5.91 Å². The van der Waals surface area contributed by atoms with Gasteiger partial charge in [0.2, 0.25) is 5.91 Å². The number of ether oxygens (including phenoxy) is 1. The molecule has 0 aromatic heterocycles. The Morgan fingerprint density at radius 3 is 3.00 bits per heavy atom. The molecule has 0 aliphatic carbocycles. The third-order valence-corrected chi connectivity index (χ3v) is 6.06. The Labute approximate surface area is 159 Å². The highest BCUT2D eigenvalue weighted by molar-refractivity contribution is 8.14.